The number of hydrogen-bond acceptors (Lipinski definition) is 3. The average Bonchev–Trinajstić information content (AvgIpc) is 2.18. The van der Waals surface area contributed by atoms with E-state index in [2.05, 4.69) is 0 Å². The van der Waals surface area contributed by atoms with Gasteiger partial charge in [-0.05, 0) is 31.5 Å². The van der Waals surface area contributed by atoms with Crippen LogP contribution in [0.15, 0.2) is 18.2 Å². The fraction of sp³-hybridized carbons (Fsp3) is 0.333. The molecule has 0 unspecified atom stereocenters. The lowest BCUT2D eigenvalue weighted by Crippen LogP contribution is -2.01. The number of Topliss-reactive ketones (excluding diaryl/α,β-unsaturated/α-hetero) is 2. The van der Waals surface area contributed by atoms with Crippen LogP contribution >= 0.6 is 0 Å². The highest BCUT2D eigenvalue weighted by Crippen LogP contribution is 2.20. The molecule has 0 aliphatic heterocycles. The molecular formula is C12H14O3. The summed E-state index contributed by atoms with van der Waals surface area (Å²) < 4.78 is 0. The third-order valence-electron chi connectivity index (χ3n) is 2.17. The maximum atomic E-state index is 11.5. The molecule has 0 heterocycles. The molecule has 0 atom stereocenters. The van der Waals surface area contributed by atoms with E-state index in [0.717, 1.165) is 6.42 Å². The predicted molar refractivity (Wildman–Crippen MR) is 57.3 cm³/mol. The molecule has 1 aromatic carbocycles. The normalized spacial score (nSPS) is 10.0. The first kappa shape index (κ1) is 11.4. The minimum absolute atomic E-state index is 0.000000000000000222. The van der Waals surface area contributed by atoms with Gasteiger partial charge in [0, 0.05) is 12.0 Å². The highest BCUT2D eigenvalue weighted by molar-refractivity contribution is 6.02. The van der Waals surface area contributed by atoms with Gasteiger partial charge in [-0.15, -0.1) is 0 Å². The van der Waals surface area contributed by atoms with Crippen molar-refractivity contribution in [1.82, 2.24) is 0 Å². The van der Waals surface area contributed by atoms with E-state index in [1.165, 1.54) is 19.1 Å². The number of benzene rings is 1. The Morgan fingerprint density at radius 1 is 1.33 bits per heavy atom. The Bertz CT molecular complexity index is 394. The van der Waals surface area contributed by atoms with Crippen LogP contribution in [0.1, 0.15) is 47.4 Å². The van der Waals surface area contributed by atoms with E-state index in [1.807, 2.05) is 6.92 Å². The lowest BCUT2D eigenvalue weighted by molar-refractivity contribution is 0.0981. The molecule has 3 heteroatoms. The number of rotatable bonds is 4. The number of carbonyl (C=O) groups is 2. The van der Waals surface area contributed by atoms with Crippen molar-refractivity contribution >= 4 is 11.6 Å². The number of carbonyl (C=O) groups excluding carboxylic acids is 2. The van der Waals surface area contributed by atoms with Crippen LogP contribution in [0.3, 0.4) is 0 Å². The molecular weight excluding hydrogens is 192 g/mol. The molecule has 0 spiro atoms. The summed E-state index contributed by atoms with van der Waals surface area (Å²) in [6.45, 7) is 3.29. The minimum Gasteiger partial charge on any atom is -0.507 e. The standard InChI is InChI=1S/C12H14O3/c1-3-4-11(14)9-5-6-12(15)10(7-9)8(2)13/h5-7,15H,3-4H2,1-2H3. The summed E-state index contributed by atoms with van der Waals surface area (Å²) >= 11 is 0. The van der Waals surface area contributed by atoms with Crippen molar-refractivity contribution in [1.29, 1.82) is 0 Å². The maximum absolute atomic E-state index is 11.5. The van der Waals surface area contributed by atoms with Crippen LogP contribution in [-0.4, -0.2) is 16.7 Å². The number of phenols is 1. The van der Waals surface area contributed by atoms with Gasteiger partial charge in [0.15, 0.2) is 11.6 Å². The SMILES string of the molecule is CCCC(=O)c1ccc(O)c(C(C)=O)c1. The Kier molecular flexibility index (Phi) is 3.61. The second-order valence-corrected chi connectivity index (χ2v) is 3.46. The van der Waals surface area contributed by atoms with Gasteiger partial charge in [-0.3, -0.25) is 9.59 Å². The van der Waals surface area contributed by atoms with E-state index < -0.39 is 0 Å². The largest absolute Gasteiger partial charge is 0.507 e. The molecule has 0 bridgehead atoms. The van der Waals surface area contributed by atoms with Crippen molar-refractivity contribution in [2.24, 2.45) is 0 Å². The van der Waals surface area contributed by atoms with Crippen LogP contribution < -0.4 is 0 Å². The molecule has 1 rings (SSSR count). The summed E-state index contributed by atoms with van der Waals surface area (Å²) in [7, 11) is 0. The Morgan fingerprint density at radius 2 is 2.00 bits per heavy atom. The lowest BCUT2D eigenvalue weighted by atomic mass is 10.0. The van der Waals surface area contributed by atoms with E-state index in [1.54, 1.807) is 6.07 Å². The lowest BCUT2D eigenvalue weighted by Gasteiger charge is -2.03. The summed E-state index contributed by atoms with van der Waals surface area (Å²) in [5.41, 5.74) is 0.691. The second kappa shape index (κ2) is 4.73. The summed E-state index contributed by atoms with van der Waals surface area (Å²) in [6.07, 6.45) is 1.23. The van der Waals surface area contributed by atoms with Crippen LogP contribution in [0.4, 0.5) is 0 Å². The average molecular weight is 206 g/mol. The third-order valence-corrected chi connectivity index (χ3v) is 2.17. The van der Waals surface area contributed by atoms with Gasteiger partial charge < -0.3 is 5.11 Å². The summed E-state index contributed by atoms with van der Waals surface area (Å²) in [5, 5.41) is 9.38. The fourth-order valence-electron chi connectivity index (χ4n) is 1.36. The monoisotopic (exact) mass is 206 g/mol. The zero-order valence-electron chi connectivity index (χ0n) is 8.91. The molecule has 0 amide bonds. The van der Waals surface area contributed by atoms with Crippen LogP contribution in [0.2, 0.25) is 0 Å². The van der Waals surface area contributed by atoms with E-state index in [-0.39, 0.29) is 22.9 Å². The molecule has 80 valence electrons. The molecule has 3 nitrogen and oxygen atoms in total. The van der Waals surface area contributed by atoms with Crippen LogP contribution in [0.25, 0.3) is 0 Å². The topological polar surface area (TPSA) is 54.4 Å². The molecule has 0 saturated carbocycles. The molecule has 0 fully saturated rings. The first-order chi connectivity index (χ1) is 7.06. The third kappa shape index (κ3) is 2.65. The highest BCUT2D eigenvalue weighted by atomic mass is 16.3. The van der Waals surface area contributed by atoms with Gasteiger partial charge in [0.1, 0.15) is 5.75 Å². The van der Waals surface area contributed by atoms with Crippen molar-refractivity contribution in [2.45, 2.75) is 26.7 Å². The van der Waals surface area contributed by atoms with Gasteiger partial charge in [0.25, 0.3) is 0 Å². The molecule has 1 N–H and O–H groups in total. The maximum Gasteiger partial charge on any atom is 0.163 e. The predicted octanol–water partition coefficient (Wildman–Crippen LogP) is 2.58. The molecule has 1 aromatic rings. The van der Waals surface area contributed by atoms with Gasteiger partial charge in [-0.2, -0.15) is 0 Å². The van der Waals surface area contributed by atoms with Crippen LogP contribution in [0.5, 0.6) is 5.75 Å². The summed E-state index contributed by atoms with van der Waals surface area (Å²) in [5.74, 6) is -0.311. The van der Waals surface area contributed by atoms with E-state index in [0.29, 0.717) is 12.0 Å². The molecule has 15 heavy (non-hydrogen) atoms. The molecule has 0 radical (unpaired) electrons. The zero-order chi connectivity index (χ0) is 11.4. The van der Waals surface area contributed by atoms with E-state index in [9.17, 15) is 14.7 Å². The smallest absolute Gasteiger partial charge is 0.163 e. The van der Waals surface area contributed by atoms with Crippen LogP contribution in [0, 0.1) is 0 Å². The van der Waals surface area contributed by atoms with Crippen molar-refractivity contribution in [3.8, 4) is 5.75 Å². The molecule has 0 aliphatic rings. The van der Waals surface area contributed by atoms with Crippen LogP contribution in [-0.2, 0) is 0 Å². The second-order valence-electron chi connectivity index (χ2n) is 3.46. The highest BCUT2D eigenvalue weighted by Gasteiger charge is 2.11. The Balaban J connectivity index is 3.07. The number of phenolic OH excluding ortho intramolecular Hbond substituents is 1. The van der Waals surface area contributed by atoms with Gasteiger partial charge in [0.2, 0.25) is 0 Å². The number of ketones is 2. The number of hydrogen-bond donors (Lipinski definition) is 1. The fourth-order valence-corrected chi connectivity index (χ4v) is 1.36. The Morgan fingerprint density at radius 3 is 2.53 bits per heavy atom. The quantitative estimate of drug-likeness (QED) is 0.770. The van der Waals surface area contributed by atoms with Crippen molar-refractivity contribution in [3.05, 3.63) is 29.3 Å². The minimum atomic E-state index is -0.237. The van der Waals surface area contributed by atoms with Crippen molar-refractivity contribution in [3.63, 3.8) is 0 Å². The molecule has 0 saturated heterocycles. The molecule has 0 aliphatic carbocycles. The summed E-state index contributed by atoms with van der Waals surface area (Å²) in [4.78, 5) is 22.7. The Hall–Kier alpha value is -1.64. The Labute approximate surface area is 88.7 Å². The first-order valence-electron chi connectivity index (χ1n) is 4.93. The summed E-state index contributed by atoms with van der Waals surface area (Å²) in [6, 6.07) is 4.38. The zero-order valence-corrected chi connectivity index (χ0v) is 8.91. The molecule has 0 aromatic heterocycles. The van der Waals surface area contributed by atoms with Gasteiger partial charge in [-0.25, -0.2) is 0 Å². The van der Waals surface area contributed by atoms with Gasteiger partial charge in [-0.1, -0.05) is 6.92 Å². The van der Waals surface area contributed by atoms with Crippen molar-refractivity contribution in [2.75, 3.05) is 0 Å². The van der Waals surface area contributed by atoms with E-state index in [4.69, 9.17) is 0 Å². The van der Waals surface area contributed by atoms with E-state index >= 15 is 0 Å². The number of aromatic hydroxyl groups is 1. The van der Waals surface area contributed by atoms with Crippen molar-refractivity contribution < 1.29 is 14.7 Å². The first-order valence-corrected chi connectivity index (χ1v) is 4.93. The van der Waals surface area contributed by atoms with Gasteiger partial charge >= 0.3 is 0 Å². The van der Waals surface area contributed by atoms with Gasteiger partial charge in [0.05, 0.1) is 5.56 Å².